The van der Waals surface area contributed by atoms with E-state index in [-0.39, 0.29) is 40.1 Å². The average molecular weight is 457 g/mol. The molecule has 0 amide bonds. The number of phenolic OH excluding ortho intramolecular Hbond substituents is 1. The minimum Gasteiger partial charge on any atom is -0.505 e. The first-order valence-corrected chi connectivity index (χ1v) is 10.5. The van der Waals surface area contributed by atoms with Crippen LogP contribution in [-0.2, 0) is 4.74 Å². The van der Waals surface area contributed by atoms with E-state index >= 15 is 0 Å². The Hall–Kier alpha value is -3.18. The second-order valence-electron chi connectivity index (χ2n) is 8.39. The van der Waals surface area contributed by atoms with Gasteiger partial charge in [-0.1, -0.05) is 12.2 Å². The van der Waals surface area contributed by atoms with Crippen LogP contribution >= 0.6 is 0 Å². The van der Waals surface area contributed by atoms with Gasteiger partial charge in [0.25, 0.3) is 11.1 Å². The van der Waals surface area contributed by atoms with Gasteiger partial charge in [0.15, 0.2) is 0 Å². The summed E-state index contributed by atoms with van der Waals surface area (Å²) in [6, 6.07) is 2.43. The Labute approximate surface area is 188 Å². The van der Waals surface area contributed by atoms with E-state index in [0.717, 1.165) is 0 Å². The van der Waals surface area contributed by atoms with Crippen LogP contribution < -0.4 is 21.2 Å². The smallest absolute Gasteiger partial charge is 0.272 e. The molecule has 5 N–H and O–H groups in total. The molecule has 10 nitrogen and oxygen atoms in total. The number of allylic oxidation sites excluding steroid dienone is 1. The Morgan fingerprint density at radius 1 is 1.36 bits per heavy atom. The van der Waals surface area contributed by atoms with Crippen LogP contribution in [0.15, 0.2) is 34.0 Å². The Kier molecular flexibility index (Phi) is 5.79. The first-order chi connectivity index (χ1) is 15.6. The molecule has 1 saturated heterocycles. The number of aromatic amines is 1. The van der Waals surface area contributed by atoms with E-state index in [0.29, 0.717) is 5.56 Å². The Bertz CT molecular complexity index is 1370. The van der Waals surface area contributed by atoms with Crippen LogP contribution in [0.4, 0.5) is 0 Å². The predicted octanol–water partition coefficient (Wildman–Crippen LogP) is 0.623. The molecule has 0 radical (unpaired) electrons. The Morgan fingerprint density at radius 3 is 2.76 bits per heavy atom. The lowest BCUT2D eigenvalue weighted by molar-refractivity contribution is -0.250. The standard InChI is InChI=1S/C23H27N3O7/c1-5-6-12-7-14-20(29)25-17-13(21(30)26(14)9-12)8-15(11(2)18(17)27)33-22-19(28)23(3,31)16(24-4)10-32-22/h5-9,16,19,22,24,27-28,31H,10H2,1-4H3,(H,25,29). The molecule has 33 heavy (non-hydrogen) atoms. The lowest BCUT2D eigenvalue weighted by atomic mass is 9.88. The van der Waals surface area contributed by atoms with E-state index in [1.165, 1.54) is 23.6 Å². The maximum absolute atomic E-state index is 13.3. The number of H-pyrrole nitrogens is 1. The number of aliphatic hydroxyl groups is 2. The highest BCUT2D eigenvalue weighted by Crippen LogP contribution is 2.35. The van der Waals surface area contributed by atoms with Crippen molar-refractivity contribution in [1.29, 1.82) is 0 Å². The molecule has 0 spiro atoms. The Morgan fingerprint density at radius 2 is 2.09 bits per heavy atom. The average Bonchev–Trinajstić information content (AvgIpc) is 3.16. The fourth-order valence-electron chi connectivity index (χ4n) is 4.11. The van der Waals surface area contributed by atoms with E-state index < -0.39 is 35.2 Å². The maximum Gasteiger partial charge on any atom is 0.272 e. The number of likely N-dealkylation sites (N-methyl/N-ethyl adjacent to an activating group) is 1. The molecule has 1 aliphatic heterocycles. The lowest BCUT2D eigenvalue weighted by Crippen LogP contribution is -2.66. The quantitative estimate of drug-likeness (QED) is 0.383. The second-order valence-corrected chi connectivity index (χ2v) is 8.39. The third kappa shape index (κ3) is 3.70. The predicted molar refractivity (Wildman–Crippen MR) is 123 cm³/mol. The van der Waals surface area contributed by atoms with Crippen molar-refractivity contribution in [2.24, 2.45) is 0 Å². The molecule has 4 atom stereocenters. The normalized spacial score (nSPS) is 25.8. The van der Waals surface area contributed by atoms with Crippen LogP contribution in [0.5, 0.6) is 11.5 Å². The number of aromatic hydroxyl groups is 1. The van der Waals surface area contributed by atoms with E-state index in [9.17, 15) is 24.9 Å². The molecular weight excluding hydrogens is 430 g/mol. The molecule has 4 unspecified atom stereocenters. The van der Waals surface area contributed by atoms with Crippen LogP contribution in [0.25, 0.3) is 22.5 Å². The number of benzene rings is 1. The van der Waals surface area contributed by atoms with Gasteiger partial charge in [0.2, 0.25) is 6.29 Å². The summed E-state index contributed by atoms with van der Waals surface area (Å²) in [5, 5.41) is 35.0. The van der Waals surface area contributed by atoms with Crippen LogP contribution in [0.3, 0.4) is 0 Å². The first kappa shape index (κ1) is 23.0. The van der Waals surface area contributed by atoms with Crippen molar-refractivity contribution in [2.75, 3.05) is 13.7 Å². The van der Waals surface area contributed by atoms with Gasteiger partial charge in [-0.15, -0.1) is 0 Å². The topological polar surface area (TPSA) is 146 Å². The summed E-state index contributed by atoms with van der Waals surface area (Å²) in [7, 11) is 1.64. The molecule has 4 rings (SSSR count). The number of rotatable bonds is 4. The highest BCUT2D eigenvalue weighted by molar-refractivity contribution is 5.87. The van der Waals surface area contributed by atoms with Gasteiger partial charge in [-0.3, -0.25) is 14.0 Å². The molecule has 1 fully saturated rings. The monoisotopic (exact) mass is 457 g/mol. The number of phenols is 1. The molecule has 1 aliphatic rings. The van der Waals surface area contributed by atoms with Gasteiger partial charge < -0.3 is 35.1 Å². The molecule has 176 valence electrons. The molecule has 3 heterocycles. The minimum atomic E-state index is -1.55. The number of hydrogen-bond acceptors (Lipinski definition) is 8. The minimum absolute atomic E-state index is 0.00740. The summed E-state index contributed by atoms with van der Waals surface area (Å²) in [5.74, 6) is -0.269. The van der Waals surface area contributed by atoms with Crippen molar-refractivity contribution >= 4 is 22.5 Å². The van der Waals surface area contributed by atoms with Crippen LogP contribution in [-0.4, -0.2) is 62.4 Å². The van der Waals surface area contributed by atoms with Crippen molar-refractivity contribution in [1.82, 2.24) is 14.7 Å². The summed E-state index contributed by atoms with van der Waals surface area (Å²) in [5.41, 5.74) is -1.63. The third-order valence-corrected chi connectivity index (χ3v) is 6.21. The van der Waals surface area contributed by atoms with Gasteiger partial charge in [-0.2, -0.15) is 0 Å². The summed E-state index contributed by atoms with van der Waals surface area (Å²) < 4.78 is 12.6. The fourth-order valence-corrected chi connectivity index (χ4v) is 4.11. The molecule has 10 heteroatoms. The summed E-state index contributed by atoms with van der Waals surface area (Å²) in [4.78, 5) is 28.6. The van der Waals surface area contributed by atoms with E-state index in [4.69, 9.17) is 9.47 Å². The molecule has 3 aromatic rings. The number of aliphatic hydroxyl groups excluding tert-OH is 1. The lowest BCUT2D eigenvalue weighted by Gasteiger charge is -2.44. The number of ether oxygens (including phenoxy) is 2. The van der Waals surface area contributed by atoms with Gasteiger partial charge in [-0.05, 0) is 45.5 Å². The van der Waals surface area contributed by atoms with Gasteiger partial charge in [-0.25, -0.2) is 0 Å². The molecule has 1 aromatic carbocycles. The van der Waals surface area contributed by atoms with Crippen LogP contribution in [0, 0.1) is 6.92 Å². The molecule has 0 bridgehead atoms. The third-order valence-electron chi connectivity index (χ3n) is 6.21. The van der Waals surface area contributed by atoms with Crippen molar-refractivity contribution in [3.63, 3.8) is 0 Å². The number of nitrogens with zero attached hydrogens (tertiary/aromatic N) is 1. The zero-order valence-corrected chi connectivity index (χ0v) is 18.7. The van der Waals surface area contributed by atoms with Crippen molar-refractivity contribution < 1.29 is 24.8 Å². The maximum atomic E-state index is 13.3. The second kappa shape index (κ2) is 8.31. The van der Waals surface area contributed by atoms with E-state index in [1.807, 2.05) is 6.92 Å². The summed E-state index contributed by atoms with van der Waals surface area (Å²) in [6.07, 6.45) is 2.41. The summed E-state index contributed by atoms with van der Waals surface area (Å²) >= 11 is 0. The van der Waals surface area contributed by atoms with E-state index in [1.54, 1.807) is 32.2 Å². The van der Waals surface area contributed by atoms with Crippen molar-refractivity contribution in [2.45, 2.75) is 44.8 Å². The molecule has 2 aromatic heterocycles. The summed E-state index contributed by atoms with van der Waals surface area (Å²) in [6.45, 7) is 4.90. The zero-order valence-electron chi connectivity index (χ0n) is 18.7. The van der Waals surface area contributed by atoms with Crippen LogP contribution in [0.1, 0.15) is 25.0 Å². The number of fused-ring (bicyclic) bond motifs is 2. The van der Waals surface area contributed by atoms with Gasteiger partial charge in [0.1, 0.15) is 28.7 Å². The largest absolute Gasteiger partial charge is 0.505 e. The fraction of sp³-hybridized carbons (Fsp3) is 0.391. The highest BCUT2D eigenvalue weighted by atomic mass is 16.7. The van der Waals surface area contributed by atoms with Gasteiger partial charge in [0, 0.05) is 11.8 Å². The van der Waals surface area contributed by atoms with Gasteiger partial charge in [0.05, 0.1) is 23.6 Å². The number of hydrogen-bond donors (Lipinski definition) is 5. The Balaban J connectivity index is 1.87. The highest BCUT2D eigenvalue weighted by Gasteiger charge is 2.48. The van der Waals surface area contributed by atoms with Gasteiger partial charge >= 0.3 is 0 Å². The van der Waals surface area contributed by atoms with E-state index in [2.05, 4.69) is 10.3 Å². The SMILES string of the molecule is CC=Cc1cc2c(=O)[nH]c3c(O)c(C)c(OC4OCC(NC)C(C)(O)C4O)cc3c(=O)n2c1. The molecule has 0 saturated carbocycles. The van der Waals surface area contributed by atoms with Crippen molar-refractivity contribution in [3.8, 4) is 11.5 Å². The zero-order chi connectivity index (χ0) is 24.1. The molecular formula is C23H27N3O7. The molecule has 0 aliphatic carbocycles. The number of nitrogens with one attached hydrogen (secondary N) is 2. The first-order valence-electron chi connectivity index (χ1n) is 10.5. The number of aromatic nitrogens is 2. The van der Waals surface area contributed by atoms with Crippen LogP contribution in [0.2, 0.25) is 0 Å². The van der Waals surface area contributed by atoms with Crippen molar-refractivity contribution in [3.05, 3.63) is 56.2 Å².